The van der Waals surface area contributed by atoms with Crippen molar-refractivity contribution in [1.82, 2.24) is 0 Å². The molecule has 35 heavy (non-hydrogen) atoms. The first-order chi connectivity index (χ1) is 17.0. The summed E-state index contributed by atoms with van der Waals surface area (Å²) in [7, 11) is 0. The predicted octanol–water partition coefficient (Wildman–Crippen LogP) is 8.78. The van der Waals surface area contributed by atoms with Gasteiger partial charge in [0.25, 0.3) is 0 Å². The fourth-order valence-electron chi connectivity index (χ4n) is 7.05. The Balaban J connectivity index is 1.15. The summed E-state index contributed by atoms with van der Waals surface area (Å²) < 4.78 is 37.2. The van der Waals surface area contributed by atoms with Crippen LogP contribution in [0.4, 0.5) is 8.78 Å². The maximum atomic E-state index is 12.4. The molecule has 2 saturated carbocycles. The third kappa shape index (κ3) is 7.74. The summed E-state index contributed by atoms with van der Waals surface area (Å²) in [6.45, 7) is 6.37. The van der Waals surface area contributed by atoms with Crippen LogP contribution in [0, 0.1) is 29.6 Å². The Labute approximate surface area is 212 Å². The second-order valence-corrected chi connectivity index (χ2v) is 11.9. The monoisotopic (exact) mass is 490 g/mol. The van der Waals surface area contributed by atoms with E-state index in [1.165, 1.54) is 75.3 Å². The molecule has 0 amide bonds. The van der Waals surface area contributed by atoms with Crippen molar-refractivity contribution in [2.45, 2.75) is 116 Å². The minimum atomic E-state index is -2.18. The largest absolute Gasteiger partial charge is 0.352 e. The summed E-state index contributed by atoms with van der Waals surface area (Å²) >= 11 is 0. The Hall–Kier alpha value is -1.00. The zero-order valence-corrected chi connectivity index (χ0v) is 22.1. The van der Waals surface area contributed by atoms with Gasteiger partial charge in [-0.3, -0.25) is 0 Å². The molecule has 1 aromatic carbocycles. The summed E-state index contributed by atoms with van der Waals surface area (Å²) in [5.41, 5.74) is 2.64. The Morgan fingerprint density at radius 1 is 0.800 bits per heavy atom. The molecule has 3 fully saturated rings. The highest BCUT2D eigenvalue weighted by molar-refractivity contribution is 5.26. The average molecular weight is 491 g/mol. The van der Waals surface area contributed by atoms with Crippen molar-refractivity contribution >= 4 is 0 Å². The van der Waals surface area contributed by atoms with Crippen molar-refractivity contribution in [2.75, 3.05) is 13.2 Å². The van der Waals surface area contributed by atoms with E-state index in [0.717, 1.165) is 31.5 Å². The second kappa shape index (κ2) is 13.5. The van der Waals surface area contributed by atoms with Gasteiger partial charge in [-0.1, -0.05) is 51.0 Å². The first-order valence-corrected chi connectivity index (χ1v) is 14.6. The van der Waals surface area contributed by atoms with Crippen LogP contribution in [-0.2, 0) is 15.9 Å². The molecule has 2 nitrogen and oxygen atoms in total. The molecule has 4 rings (SSSR count). The third-order valence-electron chi connectivity index (χ3n) is 9.48. The first kappa shape index (κ1) is 27.0. The van der Waals surface area contributed by atoms with E-state index in [1.807, 2.05) is 0 Å². The molecule has 198 valence electrons. The molecule has 1 aliphatic heterocycles. The summed E-state index contributed by atoms with van der Waals surface area (Å²) in [5.74, 6) is 4.29. The summed E-state index contributed by atoms with van der Waals surface area (Å²) in [6.07, 6.45) is 12.2. The number of hydrogen-bond donors (Lipinski definition) is 0. The first-order valence-electron chi connectivity index (χ1n) is 14.6. The molecule has 0 radical (unpaired) electrons. The average Bonchev–Trinajstić information content (AvgIpc) is 2.89. The Morgan fingerprint density at radius 2 is 1.37 bits per heavy atom. The molecule has 1 unspecified atom stereocenters. The van der Waals surface area contributed by atoms with E-state index in [0.29, 0.717) is 30.1 Å². The van der Waals surface area contributed by atoms with E-state index >= 15 is 0 Å². The number of hydrogen-bond acceptors (Lipinski definition) is 2. The summed E-state index contributed by atoms with van der Waals surface area (Å²) in [4.78, 5) is 0. The van der Waals surface area contributed by atoms with Crippen LogP contribution in [0.3, 0.4) is 0 Å². The lowest BCUT2D eigenvalue weighted by Crippen LogP contribution is -2.40. The molecule has 0 spiro atoms. The molecule has 1 aromatic rings. The van der Waals surface area contributed by atoms with E-state index in [1.54, 1.807) is 0 Å². The lowest BCUT2D eigenvalue weighted by atomic mass is 9.68. The molecular weight excluding hydrogens is 442 g/mol. The quantitative estimate of drug-likeness (QED) is 0.326. The van der Waals surface area contributed by atoms with Crippen LogP contribution >= 0.6 is 0 Å². The number of aryl methyl sites for hydroxylation is 1. The van der Waals surface area contributed by atoms with Crippen molar-refractivity contribution in [2.24, 2.45) is 29.6 Å². The van der Waals surface area contributed by atoms with Gasteiger partial charge in [0.05, 0.1) is 13.2 Å². The van der Waals surface area contributed by atoms with Gasteiger partial charge in [0.2, 0.25) is 6.43 Å². The van der Waals surface area contributed by atoms with Crippen molar-refractivity contribution in [1.29, 1.82) is 0 Å². The van der Waals surface area contributed by atoms with Crippen LogP contribution in [0.15, 0.2) is 24.3 Å². The van der Waals surface area contributed by atoms with Crippen LogP contribution in [0.1, 0.15) is 108 Å². The standard InChI is InChI=1S/C31H48F2O2/c1-3-5-22(2)29-20-34-31(35-21-29)28-18-16-27(17-19-28)26-14-12-25(13-15-26)24-10-8-23(9-11-24)6-4-7-30(32)33/h8-11,22,25-31H,3-7,12-21H2,1-2H3. The number of benzene rings is 1. The Morgan fingerprint density at radius 3 is 1.94 bits per heavy atom. The molecule has 0 aromatic heterocycles. The van der Waals surface area contributed by atoms with Crippen molar-refractivity contribution < 1.29 is 18.3 Å². The van der Waals surface area contributed by atoms with Crippen molar-refractivity contribution in [3.8, 4) is 0 Å². The van der Waals surface area contributed by atoms with Gasteiger partial charge >= 0.3 is 0 Å². The lowest BCUT2D eigenvalue weighted by molar-refractivity contribution is -0.235. The van der Waals surface area contributed by atoms with Crippen LogP contribution in [-0.4, -0.2) is 25.9 Å². The highest BCUT2D eigenvalue weighted by atomic mass is 19.3. The molecule has 0 N–H and O–H groups in total. The zero-order valence-electron chi connectivity index (χ0n) is 22.1. The van der Waals surface area contributed by atoms with Gasteiger partial charge in [-0.25, -0.2) is 8.78 Å². The molecule has 1 atom stereocenters. The van der Waals surface area contributed by atoms with E-state index in [-0.39, 0.29) is 12.7 Å². The molecule has 1 saturated heterocycles. The number of rotatable bonds is 10. The SMILES string of the molecule is CCCC(C)C1COC(C2CCC(C3CCC(c4ccc(CCCC(F)F)cc4)CC3)CC2)OC1. The third-order valence-corrected chi connectivity index (χ3v) is 9.48. The smallest absolute Gasteiger partial charge is 0.238 e. The maximum Gasteiger partial charge on any atom is 0.238 e. The molecular formula is C31H48F2O2. The van der Waals surface area contributed by atoms with Gasteiger partial charge in [0, 0.05) is 18.3 Å². The van der Waals surface area contributed by atoms with Crippen LogP contribution < -0.4 is 0 Å². The number of halogens is 2. The molecule has 0 bridgehead atoms. The Bertz CT molecular complexity index is 712. The molecule has 1 heterocycles. The molecule has 2 aliphatic carbocycles. The predicted molar refractivity (Wildman–Crippen MR) is 139 cm³/mol. The van der Waals surface area contributed by atoms with Gasteiger partial charge in [-0.15, -0.1) is 0 Å². The van der Waals surface area contributed by atoms with Gasteiger partial charge in [-0.05, 0) is 99.0 Å². The van der Waals surface area contributed by atoms with E-state index in [2.05, 4.69) is 38.1 Å². The van der Waals surface area contributed by atoms with Crippen LogP contribution in [0.2, 0.25) is 0 Å². The number of ether oxygens (including phenoxy) is 2. The number of alkyl halides is 2. The van der Waals surface area contributed by atoms with Gasteiger partial charge in [-0.2, -0.15) is 0 Å². The second-order valence-electron chi connectivity index (χ2n) is 11.9. The normalized spacial score (nSPS) is 33.1. The van der Waals surface area contributed by atoms with Crippen LogP contribution in [0.25, 0.3) is 0 Å². The summed E-state index contributed by atoms with van der Waals surface area (Å²) in [6, 6.07) is 8.84. The lowest BCUT2D eigenvalue weighted by Gasteiger charge is -2.41. The van der Waals surface area contributed by atoms with E-state index in [9.17, 15) is 8.78 Å². The topological polar surface area (TPSA) is 18.5 Å². The highest BCUT2D eigenvalue weighted by Gasteiger charge is 2.36. The van der Waals surface area contributed by atoms with E-state index in [4.69, 9.17) is 9.47 Å². The minimum Gasteiger partial charge on any atom is -0.352 e. The Kier molecular flexibility index (Phi) is 10.4. The summed E-state index contributed by atoms with van der Waals surface area (Å²) in [5, 5.41) is 0. The van der Waals surface area contributed by atoms with E-state index < -0.39 is 6.43 Å². The highest BCUT2D eigenvalue weighted by Crippen LogP contribution is 2.45. The minimum absolute atomic E-state index is 0.00712. The van der Waals surface area contributed by atoms with Crippen LogP contribution in [0.5, 0.6) is 0 Å². The van der Waals surface area contributed by atoms with Gasteiger partial charge in [0.15, 0.2) is 6.29 Å². The molecule has 4 heteroatoms. The fraction of sp³-hybridized carbons (Fsp3) is 0.806. The van der Waals surface area contributed by atoms with Gasteiger partial charge < -0.3 is 9.47 Å². The van der Waals surface area contributed by atoms with Gasteiger partial charge in [0.1, 0.15) is 0 Å². The molecule has 3 aliphatic rings. The zero-order chi connectivity index (χ0) is 24.6. The fourth-order valence-corrected chi connectivity index (χ4v) is 7.05. The maximum absolute atomic E-state index is 12.4. The van der Waals surface area contributed by atoms with Crippen molar-refractivity contribution in [3.63, 3.8) is 0 Å². The van der Waals surface area contributed by atoms with Crippen molar-refractivity contribution in [3.05, 3.63) is 35.4 Å².